The van der Waals surface area contributed by atoms with Gasteiger partial charge in [-0.25, -0.2) is 0 Å². The molecule has 128 valence electrons. The zero-order valence-electron chi connectivity index (χ0n) is 14.6. The lowest BCUT2D eigenvalue weighted by molar-refractivity contribution is 0.306. The van der Waals surface area contributed by atoms with Gasteiger partial charge in [0, 0.05) is 12.2 Å². The van der Waals surface area contributed by atoms with E-state index in [4.69, 9.17) is 16.3 Å². The minimum Gasteiger partial charge on any atom is -0.487 e. The second kappa shape index (κ2) is 8.09. The SMILES string of the molecule is Cc1ccc(COc2ccc(CNc3ccc(C)cc3)cc2Cl)cc1. The molecule has 0 unspecified atom stereocenters. The van der Waals surface area contributed by atoms with Gasteiger partial charge in [-0.3, -0.25) is 0 Å². The van der Waals surface area contributed by atoms with E-state index < -0.39 is 0 Å². The van der Waals surface area contributed by atoms with Crippen LogP contribution in [0.15, 0.2) is 66.7 Å². The molecule has 2 nitrogen and oxygen atoms in total. The van der Waals surface area contributed by atoms with Gasteiger partial charge in [0.15, 0.2) is 0 Å². The van der Waals surface area contributed by atoms with Crippen LogP contribution < -0.4 is 10.1 Å². The maximum Gasteiger partial charge on any atom is 0.138 e. The molecule has 3 rings (SSSR count). The Morgan fingerprint density at radius 3 is 2.04 bits per heavy atom. The first kappa shape index (κ1) is 17.4. The average molecular weight is 352 g/mol. The van der Waals surface area contributed by atoms with E-state index in [2.05, 4.69) is 67.7 Å². The highest BCUT2D eigenvalue weighted by Crippen LogP contribution is 2.26. The van der Waals surface area contributed by atoms with Crippen molar-refractivity contribution in [2.24, 2.45) is 0 Å². The van der Waals surface area contributed by atoms with Crippen molar-refractivity contribution in [3.63, 3.8) is 0 Å². The Labute approximate surface area is 154 Å². The lowest BCUT2D eigenvalue weighted by Gasteiger charge is -2.11. The van der Waals surface area contributed by atoms with E-state index in [1.807, 2.05) is 18.2 Å². The Hall–Kier alpha value is -2.45. The number of aryl methyl sites for hydroxylation is 2. The number of anilines is 1. The summed E-state index contributed by atoms with van der Waals surface area (Å²) in [5.74, 6) is 0.710. The van der Waals surface area contributed by atoms with Crippen molar-refractivity contribution < 1.29 is 4.74 Å². The molecule has 3 aromatic carbocycles. The number of ether oxygens (including phenoxy) is 1. The van der Waals surface area contributed by atoms with E-state index in [0.29, 0.717) is 17.4 Å². The number of halogens is 1. The number of hydrogen-bond donors (Lipinski definition) is 1. The predicted octanol–water partition coefficient (Wildman–Crippen LogP) is 6.15. The first-order chi connectivity index (χ1) is 12.1. The van der Waals surface area contributed by atoms with Crippen molar-refractivity contribution in [3.8, 4) is 5.75 Å². The molecule has 0 saturated carbocycles. The van der Waals surface area contributed by atoms with Crippen LogP contribution in [0.25, 0.3) is 0 Å². The summed E-state index contributed by atoms with van der Waals surface area (Å²) < 4.78 is 5.84. The zero-order valence-corrected chi connectivity index (χ0v) is 15.3. The third-order valence-corrected chi connectivity index (χ3v) is 4.35. The average Bonchev–Trinajstić information content (AvgIpc) is 2.62. The van der Waals surface area contributed by atoms with E-state index in [9.17, 15) is 0 Å². The summed E-state index contributed by atoms with van der Waals surface area (Å²) in [6.07, 6.45) is 0. The Bertz CT molecular complexity index is 826. The van der Waals surface area contributed by atoms with Gasteiger partial charge in [-0.15, -0.1) is 0 Å². The fourth-order valence-electron chi connectivity index (χ4n) is 2.49. The smallest absolute Gasteiger partial charge is 0.138 e. The third kappa shape index (κ3) is 5.01. The summed E-state index contributed by atoms with van der Waals surface area (Å²) >= 11 is 6.37. The van der Waals surface area contributed by atoms with Crippen LogP contribution in [0, 0.1) is 13.8 Å². The first-order valence-corrected chi connectivity index (χ1v) is 8.75. The Kier molecular flexibility index (Phi) is 5.62. The van der Waals surface area contributed by atoms with Crippen molar-refractivity contribution in [3.05, 3.63) is 94.0 Å². The summed E-state index contributed by atoms with van der Waals surface area (Å²) in [7, 11) is 0. The molecule has 0 aliphatic rings. The van der Waals surface area contributed by atoms with Crippen molar-refractivity contribution in [1.29, 1.82) is 0 Å². The Balaban J connectivity index is 1.58. The molecule has 3 heteroatoms. The Morgan fingerprint density at radius 2 is 1.40 bits per heavy atom. The molecule has 0 amide bonds. The minimum atomic E-state index is 0.515. The highest BCUT2D eigenvalue weighted by Gasteiger charge is 2.04. The van der Waals surface area contributed by atoms with Crippen LogP contribution in [0.1, 0.15) is 22.3 Å². The highest BCUT2D eigenvalue weighted by molar-refractivity contribution is 6.32. The monoisotopic (exact) mass is 351 g/mol. The molecule has 0 saturated heterocycles. The maximum atomic E-state index is 6.37. The summed E-state index contributed by atoms with van der Waals surface area (Å²) in [5, 5.41) is 4.03. The van der Waals surface area contributed by atoms with Crippen molar-refractivity contribution in [2.75, 3.05) is 5.32 Å². The molecule has 3 aromatic rings. The van der Waals surface area contributed by atoms with Crippen LogP contribution in [-0.4, -0.2) is 0 Å². The molecule has 1 N–H and O–H groups in total. The fourth-order valence-corrected chi connectivity index (χ4v) is 2.75. The summed E-state index contributed by atoms with van der Waals surface area (Å²) in [5.41, 5.74) is 5.84. The maximum absolute atomic E-state index is 6.37. The quantitative estimate of drug-likeness (QED) is 0.575. The van der Waals surface area contributed by atoms with Crippen LogP contribution in [0.3, 0.4) is 0 Å². The van der Waals surface area contributed by atoms with Crippen LogP contribution in [0.4, 0.5) is 5.69 Å². The van der Waals surface area contributed by atoms with E-state index in [-0.39, 0.29) is 0 Å². The van der Waals surface area contributed by atoms with E-state index in [0.717, 1.165) is 23.4 Å². The van der Waals surface area contributed by atoms with Gasteiger partial charge in [-0.05, 0) is 49.2 Å². The van der Waals surface area contributed by atoms with Gasteiger partial charge in [0.1, 0.15) is 12.4 Å². The molecule has 0 aliphatic heterocycles. The van der Waals surface area contributed by atoms with Crippen molar-refractivity contribution in [2.45, 2.75) is 27.0 Å². The largest absolute Gasteiger partial charge is 0.487 e. The standard InChI is InChI=1S/C22H22ClNO/c1-16-3-7-18(8-4-16)15-25-22-12-9-19(13-21(22)23)14-24-20-10-5-17(2)6-11-20/h3-13,24H,14-15H2,1-2H3. The molecule has 0 aromatic heterocycles. The summed E-state index contributed by atoms with van der Waals surface area (Å²) in [6.45, 7) is 5.39. The molecule has 25 heavy (non-hydrogen) atoms. The highest BCUT2D eigenvalue weighted by atomic mass is 35.5. The fraction of sp³-hybridized carbons (Fsp3) is 0.182. The number of rotatable bonds is 6. The van der Waals surface area contributed by atoms with Gasteiger partial charge in [-0.1, -0.05) is 65.2 Å². The van der Waals surface area contributed by atoms with E-state index in [1.54, 1.807) is 0 Å². The van der Waals surface area contributed by atoms with Crippen molar-refractivity contribution in [1.82, 2.24) is 0 Å². The second-order valence-electron chi connectivity index (χ2n) is 6.26. The molecular formula is C22H22ClNO. The minimum absolute atomic E-state index is 0.515. The van der Waals surface area contributed by atoms with Crippen LogP contribution in [0.5, 0.6) is 5.75 Å². The van der Waals surface area contributed by atoms with Gasteiger partial charge in [-0.2, -0.15) is 0 Å². The molecule has 0 aliphatic carbocycles. The predicted molar refractivity (Wildman–Crippen MR) is 105 cm³/mol. The van der Waals surface area contributed by atoms with Gasteiger partial charge in [0.05, 0.1) is 5.02 Å². The molecule has 0 radical (unpaired) electrons. The summed E-state index contributed by atoms with van der Waals surface area (Å²) in [6, 6.07) is 22.6. The summed E-state index contributed by atoms with van der Waals surface area (Å²) in [4.78, 5) is 0. The van der Waals surface area contributed by atoms with Crippen molar-refractivity contribution >= 4 is 17.3 Å². The van der Waals surface area contributed by atoms with Gasteiger partial charge >= 0.3 is 0 Å². The topological polar surface area (TPSA) is 21.3 Å². The number of benzene rings is 3. The van der Waals surface area contributed by atoms with Gasteiger partial charge in [0.25, 0.3) is 0 Å². The molecule has 0 atom stereocenters. The van der Waals surface area contributed by atoms with Gasteiger partial charge < -0.3 is 10.1 Å². The molecule has 0 bridgehead atoms. The van der Waals surface area contributed by atoms with Crippen LogP contribution in [-0.2, 0) is 13.2 Å². The molecule has 0 spiro atoms. The third-order valence-electron chi connectivity index (χ3n) is 4.06. The van der Waals surface area contributed by atoms with Crippen LogP contribution >= 0.6 is 11.6 Å². The molecular weight excluding hydrogens is 330 g/mol. The number of hydrogen-bond acceptors (Lipinski definition) is 2. The van der Waals surface area contributed by atoms with Gasteiger partial charge in [0.2, 0.25) is 0 Å². The van der Waals surface area contributed by atoms with E-state index in [1.165, 1.54) is 11.1 Å². The lowest BCUT2D eigenvalue weighted by Crippen LogP contribution is -2.00. The number of nitrogens with one attached hydrogen (secondary N) is 1. The first-order valence-electron chi connectivity index (χ1n) is 8.37. The normalized spacial score (nSPS) is 10.5. The Morgan fingerprint density at radius 1 is 0.800 bits per heavy atom. The lowest BCUT2D eigenvalue weighted by atomic mass is 10.1. The zero-order chi connectivity index (χ0) is 17.6. The van der Waals surface area contributed by atoms with Crippen LogP contribution in [0.2, 0.25) is 5.02 Å². The second-order valence-corrected chi connectivity index (χ2v) is 6.67. The molecule has 0 fully saturated rings. The van der Waals surface area contributed by atoms with E-state index >= 15 is 0 Å². The molecule has 0 heterocycles.